The fourth-order valence-corrected chi connectivity index (χ4v) is 2.94. The van der Waals surface area contributed by atoms with E-state index < -0.39 is 31.1 Å². The van der Waals surface area contributed by atoms with E-state index in [1.807, 2.05) is 30.3 Å². The number of rotatable bonds is 4. The Bertz CT molecular complexity index is 918. The van der Waals surface area contributed by atoms with Crippen LogP contribution in [-0.2, 0) is 4.74 Å². The molecule has 0 aliphatic carbocycles. The minimum absolute atomic E-state index is 0.166. The van der Waals surface area contributed by atoms with Crippen molar-refractivity contribution in [2.24, 2.45) is 0 Å². The first-order chi connectivity index (χ1) is 12.6. The van der Waals surface area contributed by atoms with E-state index in [2.05, 4.69) is 20.3 Å². The molecule has 4 atom stereocenters. The van der Waals surface area contributed by atoms with Gasteiger partial charge in [-0.05, 0) is 12.1 Å². The van der Waals surface area contributed by atoms with E-state index in [0.717, 1.165) is 5.69 Å². The SMILES string of the molecule is Nc1nc(Nc2ccccc2)nc2c1ncn2[C@@H]1O[C@H](CO)[C@H](O)[C@@H]1O. The van der Waals surface area contributed by atoms with Gasteiger partial charge < -0.3 is 31.1 Å². The number of fused-ring (bicyclic) bond motifs is 1. The first-order valence-corrected chi connectivity index (χ1v) is 8.03. The van der Waals surface area contributed by atoms with Crippen molar-refractivity contribution in [3.8, 4) is 0 Å². The van der Waals surface area contributed by atoms with E-state index in [9.17, 15) is 15.3 Å². The van der Waals surface area contributed by atoms with Crippen molar-refractivity contribution < 1.29 is 20.1 Å². The molecular weight excluding hydrogens is 340 g/mol. The molecule has 3 aromatic rings. The number of anilines is 3. The molecule has 136 valence electrons. The Morgan fingerprint density at radius 1 is 1.15 bits per heavy atom. The lowest BCUT2D eigenvalue weighted by molar-refractivity contribution is -0.0511. The number of hydrogen-bond donors (Lipinski definition) is 5. The third-order valence-corrected chi connectivity index (χ3v) is 4.27. The molecule has 1 aliphatic heterocycles. The molecule has 10 nitrogen and oxygen atoms in total. The Labute approximate surface area is 147 Å². The zero-order valence-corrected chi connectivity index (χ0v) is 13.6. The van der Waals surface area contributed by atoms with E-state index >= 15 is 0 Å². The number of nitrogens with two attached hydrogens (primary N) is 1. The van der Waals surface area contributed by atoms with Crippen molar-refractivity contribution in [1.82, 2.24) is 19.5 Å². The van der Waals surface area contributed by atoms with Gasteiger partial charge in [0.05, 0.1) is 12.9 Å². The minimum atomic E-state index is -1.24. The van der Waals surface area contributed by atoms with Crippen LogP contribution in [0.1, 0.15) is 6.23 Å². The Kier molecular flexibility index (Phi) is 4.17. The molecule has 10 heteroatoms. The summed E-state index contributed by atoms with van der Waals surface area (Å²) in [6, 6.07) is 9.34. The normalized spacial score (nSPS) is 25.7. The van der Waals surface area contributed by atoms with E-state index in [1.54, 1.807) is 0 Å². The molecule has 0 amide bonds. The summed E-state index contributed by atoms with van der Waals surface area (Å²) in [7, 11) is 0. The minimum Gasteiger partial charge on any atom is -0.394 e. The summed E-state index contributed by atoms with van der Waals surface area (Å²) in [5.41, 5.74) is 7.45. The highest BCUT2D eigenvalue weighted by Crippen LogP contribution is 2.32. The van der Waals surface area contributed by atoms with Gasteiger partial charge in [0.1, 0.15) is 23.8 Å². The fraction of sp³-hybridized carbons (Fsp3) is 0.312. The van der Waals surface area contributed by atoms with Gasteiger partial charge in [0.2, 0.25) is 5.95 Å². The zero-order chi connectivity index (χ0) is 18.3. The van der Waals surface area contributed by atoms with Gasteiger partial charge >= 0.3 is 0 Å². The quantitative estimate of drug-likeness (QED) is 0.425. The van der Waals surface area contributed by atoms with Crippen LogP contribution in [0.4, 0.5) is 17.5 Å². The summed E-state index contributed by atoms with van der Waals surface area (Å²) in [5.74, 6) is 0.425. The lowest BCUT2D eigenvalue weighted by Crippen LogP contribution is -2.33. The number of para-hydroxylation sites is 1. The summed E-state index contributed by atoms with van der Waals surface area (Å²) < 4.78 is 7.00. The molecule has 0 bridgehead atoms. The smallest absolute Gasteiger partial charge is 0.231 e. The van der Waals surface area contributed by atoms with E-state index in [-0.39, 0.29) is 11.8 Å². The number of aliphatic hydroxyl groups is 3. The number of ether oxygens (including phenoxy) is 1. The highest BCUT2D eigenvalue weighted by molar-refractivity contribution is 5.83. The van der Waals surface area contributed by atoms with Crippen LogP contribution in [0.5, 0.6) is 0 Å². The Balaban J connectivity index is 1.73. The molecule has 0 radical (unpaired) electrons. The van der Waals surface area contributed by atoms with Crippen molar-refractivity contribution in [3.05, 3.63) is 36.7 Å². The molecule has 4 rings (SSSR count). The van der Waals surface area contributed by atoms with Crippen LogP contribution in [-0.4, -0.2) is 59.8 Å². The largest absolute Gasteiger partial charge is 0.394 e. The lowest BCUT2D eigenvalue weighted by Gasteiger charge is -2.16. The first kappa shape index (κ1) is 16.7. The highest BCUT2D eigenvalue weighted by atomic mass is 16.6. The number of benzene rings is 1. The second kappa shape index (κ2) is 6.50. The van der Waals surface area contributed by atoms with E-state index in [0.29, 0.717) is 11.2 Å². The summed E-state index contributed by atoms with van der Waals surface area (Å²) >= 11 is 0. The van der Waals surface area contributed by atoms with Crippen molar-refractivity contribution in [2.45, 2.75) is 24.5 Å². The van der Waals surface area contributed by atoms with Crippen LogP contribution in [0.25, 0.3) is 11.2 Å². The number of nitrogen functional groups attached to an aromatic ring is 1. The topological polar surface area (TPSA) is 152 Å². The van der Waals surface area contributed by atoms with Crippen molar-refractivity contribution >= 4 is 28.6 Å². The number of aliphatic hydroxyl groups excluding tert-OH is 3. The van der Waals surface area contributed by atoms with Crippen LogP contribution < -0.4 is 11.1 Å². The Morgan fingerprint density at radius 3 is 2.62 bits per heavy atom. The maximum absolute atomic E-state index is 10.2. The summed E-state index contributed by atoms with van der Waals surface area (Å²) in [6.07, 6.45) is -2.91. The molecule has 0 unspecified atom stereocenters. The van der Waals surface area contributed by atoms with E-state index in [1.165, 1.54) is 10.9 Å². The summed E-state index contributed by atoms with van der Waals surface area (Å²) in [4.78, 5) is 12.8. The monoisotopic (exact) mass is 358 g/mol. The van der Waals surface area contributed by atoms with Crippen LogP contribution in [0.3, 0.4) is 0 Å². The third kappa shape index (κ3) is 2.74. The number of nitrogens with one attached hydrogen (secondary N) is 1. The van der Waals surface area contributed by atoms with Gasteiger partial charge in [-0.1, -0.05) is 18.2 Å². The molecule has 26 heavy (non-hydrogen) atoms. The second-order valence-electron chi connectivity index (χ2n) is 5.98. The average molecular weight is 358 g/mol. The molecular formula is C16H18N6O4. The van der Waals surface area contributed by atoms with E-state index in [4.69, 9.17) is 10.5 Å². The fourth-order valence-electron chi connectivity index (χ4n) is 2.94. The predicted octanol–water partition coefficient (Wildman–Crippen LogP) is -0.236. The summed E-state index contributed by atoms with van der Waals surface area (Å²) in [6.45, 7) is -0.417. The van der Waals surface area contributed by atoms with Gasteiger partial charge in [0, 0.05) is 5.69 Å². The first-order valence-electron chi connectivity index (χ1n) is 8.03. The van der Waals surface area contributed by atoms with Gasteiger partial charge in [0.15, 0.2) is 17.7 Å². The average Bonchev–Trinajstić information content (AvgIpc) is 3.18. The van der Waals surface area contributed by atoms with Crippen molar-refractivity contribution in [3.63, 3.8) is 0 Å². The van der Waals surface area contributed by atoms with Gasteiger partial charge in [-0.3, -0.25) is 4.57 Å². The van der Waals surface area contributed by atoms with Crippen LogP contribution >= 0.6 is 0 Å². The molecule has 3 heterocycles. The van der Waals surface area contributed by atoms with Crippen LogP contribution in [0.15, 0.2) is 36.7 Å². The number of aromatic nitrogens is 4. The zero-order valence-electron chi connectivity index (χ0n) is 13.6. The number of imidazole rings is 1. The maximum Gasteiger partial charge on any atom is 0.231 e. The van der Waals surface area contributed by atoms with Crippen LogP contribution in [0.2, 0.25) is 0 Å². The number of hydrogen-bond acceptors (Lipinski definition) is 9. The Hall–Kier alpha value is -2.79. The second-order valence-corrected chi connectivity index (χ2v) is 5.98. The molecule has 0 spiro atoms. The van der Waals surface area contributed by atoms with Gasteiger partial charge in [0.25, 0.3) is 0 Å². The molecule has 1 saturated heterocycles. The molecule has 0 saturated carbocycles. The predicted molar refractivity (Wildman–Crippen MR) is 92.5 cm³/mol. The maximum atomic E-state index is 10.2. The molecule has 6 N–H and O–H groups in total. The molecule has 1 aliphatic rings. The standard InChI is InChI=1S/C16H18N6O4/c17-13-10-14(21-16(20-13)19-8-4-2-1-3-5-8)22(7-18-10)15-12(25)11(24)9(6-23)26-15/h1-5,7,9,11-12,15,23-25H,6H2,(H3,17,19,20,21)/t9-,11+,12+,15-/m1/s1. The summed E-state index contributed by atoms with van der Waals surface area (Å²) in [5, 5.41) is 32.5. The van der Waals surface area contributed by atoms with Gasteiger partial charge in [-0.2, -0.15) is 9.97 Å². The molecule has 1 aromatic carbocycles. The van der Waals surface area contributed by atoms with Crippen molar-refractivity contribution in [2.75, 3.05) is 17.7 Å². The highest BCUT2D eigenvalue weighted by Gasteiger charge is 2.44. The van der Waals surface area contributed by atoms with Crippen molar-refractivity contribution in [1.29, 1.82) is 0 Å². The molecule has 1 fully saturated rings. The van der Waals surface area contributed by atoms with Gasteiger partial charge in [-0.15, -0.1) is 0 Å². The van der Waals surface area contributed by atoms with Gasteiger partial charge in [-0.25, -0.2) is 4.98 Å². The third-order valence-electron chi connectivity index (χ3n) is 4.27. The molecule has 2 aromatic heterocycles. The van der Waals surface area contributed by atoms with Crippen LogP contribution in [0, 0.1) is 0 Å². The number of nitrogens with zero attached hydrogens (tertiary/aromatic N) is 4. The Morgan fingerprint density at radius 2 is 1.92 bits per heavy atom. The lowest BCUT2D eigenvalue weighted by atomic mass is 10.1.